The summed E-state index contributed by atoms with van der Waals surface area (Å²) >= 11 is 0. The zero-order chi connectivity index (χ0) is 11.8. The number of aromatic nitrogens is 5. The zero-order valence-electron chi connectivity index (χ0n) is 9.16. The highest BCUT2D eigenvalue weighted by atomic mass is 16.5. The number of aryl methyl sites for hydroxylation is 1. The number of imidazole rings is 1. The molecule has 0 bridgehead atoms. The van der Waals surface area contributed by atoms with Crippen molar-refractivity contribution in [3.63, 3.8) is 0 Å². The van der Waals surface area contributed by atoms with Crippen LogP contribution < -0.4 is 5.73 Å². The van der Waals surface area contributed by atoms with Crippen molar-refractivity contribution in [2.45, 2.75) is 13.5 Å². The average Bonchev–Trinajstić information content (AvgIpc) is 2.91. The zero-order valence-corrected chi connectivity index (χ0v) is 9.16. The molecule has 0 aliphatic carbocycles. The third kappa shape index (κ3) is 1.52. The number of anilines is 1. The van der Waals surface area contributed by atoms with Crippen molar-refractivity contribution in [1.29, 1.82) is 0 Å². The topological polar surface area (TPSA) is 95.7 Å². The van der Waals surface area contributed by atoms with Crippen molar-refractivity contribution >= 4 is 17.1 Å². The van der Waals surface area contributed by atoms with E-state index in [0.717, 1.165) is 16.7 Å². The van der Waals surface area contributed by atoms with Crippen LogP contribution in [0.15, 0.2) is 23.2 Å². The minimum Gasteiger partial charge on any atom is -0.369 e. The Bertz CT molecular complexity index is 657. The van der Waals surface area contributed by atoms with E-state index in [0.29, 0.717) is 18.3 Å². The Hall–Kier alpha value is -2.44. The first-order valence-electron chi connectivity index (χ1n) is 5.08. The number of nitrogen functional groups attached to an aromatic ring is 1. The summed E-state index contributed by atoms with van der Waals surface area (Å²) in [6.45, 7) is 2.37. The Balaban J connectivity index is 2.16. The number of nitrogens with two attached hydrogens (primary N) is 1. The van der Waals surface area contributed by atoms with E-state index in [1.807, 2.05) is 13.0 Å². The smallest absolute Gasteiger partial charge is 0.213 e. The largest absolute Gasteiger partial charge is 0.369 e. The minimum atomic E-state index is 0.395. The van der Waals surface area contributed by atoms with E-state index in [1.165, 1.54) is 6.39 Å². The van der Waals surface area contributed by atoms with E-state index in [4.69, 9.17) is 5.73 Å². The van der Waals surface area contributed by atoms with Gasteiger partial charge in [-0.1, -0.05) is 5.16 Å². The van der Waals surface area contributed by atoms with Crippen LogP contribution in [0.1, 0.15) is 11.4 Å². The molecule has 3 heterocycles. The predicted molar refractivity (Wildman–Crippen MR) is 60.1 cm³/mol. The number of hydrogen-bond acceptors (Lipinski definition) is 6. The van der Waals surface area contributed by atoms with E-state index in [2.05, 4.69) is 24.6 Å². The lowest BCUT2D eigenvalue weighted by Crippen LogP contribution is -2.06. The molecule has 2 N–H and O–H groups in total. The van der Waals surface area contributed by atoms with Crippen LogP contribution in [0.25, 0.3) is 11.2 Å². The van der Waals surface area contributed by atoms with Crippen LogP contribution in [0.3, 0.4) is 0 Å². The molecule has 3 rings (SSSR count). The SMILES string of the molecule is Cc1ccnc2c1nc(N)n2Cc1ncon1. The minimum absolute atomic E-state index is 0.395. The van der Waals surface area contributed by atoms with Gasteiger partial charge < -0.3 is 10.3 Å². The van der Waals surface area contributed by atoms with Crippen LogP contribution in [0, 0.1) is 6.92 Å². The third-order valence-electron chi connectivity index (χ3n) is 2.57. The second kappa shape index (κ2) is 3.55. The lowest BCUT2D eigenvalue weighted by molar-refractivity contribution is 0.408. The van der Waals surface area contributed by atoms with E-state index >= 15 is 0 Å². The molecule has 0 saturated carbocycles. The van der Waals surface area contributed by atoms with E-state index in [-0.39, 0.29) is 0 Å². The molecule has 0 aromatic carbocycles. The molecule has 86 valence electrons. The number of rotatable bonds is 2. The van der Waals surface area contributed by atoms with Gasteiger partial charge in [0.05, 0.1) is 6.54 Å². The normalized spacial score (nSPS) is 11.1. The van der Waals surface area contributed by atoms with Gasteiger partial charge in [0.2, 0.25) is 12.3 Å². The van der Waals surface area contributed by atoms with Gasteiger partial charge in [-0.05, 0) is 18.6 Å². The van der Waals surface area contributed by atoms with Crippen molar-refractivity contribution in [2.75, 3.05) is 5.73 Å². The van der Waals surface area contributed by atoms with Gasteiger partial charge in [0, 0.05) is 6.20 Å². The molecule has 0 atom stereocenters. The summed E-state index contributed by atoms with van der Waals surface area (Å²) in [5.41, 5.74) is 8.43. The van der Waals surface area contributed by atoms with Crippen LogP contribution in [0.5, 0.6) is 0 Å². The molecule has 0 fully saturated rings. The van der Waals surface area contributed by atoms with Crippen LogP contribution in [0.2, 0.25) is 0 Å². The lowest BCUT2D eigenvalue weighted by Gasteiger charge is -2.01. The molecule has 0 aliphatic rings. The Labute approximate surface area is 96.3 Å². The first-order valence-corrected chi connectivity index (χ1v) is 5.08. The molecule has 0 saturated heterocycles. The summed E-state index contributed by atoms with van der Waals surface area (Å²) < 4.78 is 6.44. The first kappa shape index (κ1) is 9.76. The molecular formula is C10H10N6O. The Morgan fingerprint density at radius 2 is 2.29 bits per heavy atom. The number of fused-ring (bicyclic) bond motifs is 1. The number of nitrogens with zero attached hydrogens (tertiary/aromatic N) is 5. The van der Waals surface area contributed by atoms with Crippen molar-refractivity contribution in [3.8, 4) is 0 Å². The van der Waals surface area contributed by atoms with Crippen molar-refractivity contribution in [3.05, 3.63) is 30.0 Å². The standard InChI is InChI=1S/C10H10N6O/c1-6-2-3-12-9-8(6)14-10(11)16(9)4-7-13-5-17-15-7/h2-3,5H,4H2,1H3,(H2,11,14). The van der Waals surface area contributed by atoms with Crippen LogP contribution in [-0.4, -0.2) is 24.7 Å². The molecule has 17 heavy (non-hydrogen) atoms. The molecule has 0 radical (unpaired) electrons. The van der Waals surface area contributed by atoms with Gasteiger partial charge in [0.15, 0.2) is 11.5 Å². The highest BCUT2D eigenvalue weighted by Crippen LogP contribution is 2.19. The summed E-state index contributed by atoms with van der Waals surface area (Å²) in [4.78, 5) is 12.5. The summed E-state index contributed by atoms with van der Waals surface area (Å²) in [5, 5.41) is 3.74. The van der Waals surface area contributed by atoms with Gasteiger partial charge in [-0.25, -0.2) is 9.97 Å². The second-order valence-corrected chi connectivity index (χ2v) is 3.70. The Kier molecular flexibility index (Phi) is 2.04. The van der Waals surface area contributed by atoms with Crippen molar-refractivity contribution in [1.82, 2.24) is 24.7 Å². The first-order chi connectivity index (χ1) is 8.25. The number of hydrogen-bond donors (Lipinski definition) is 1. The van der Waals surface area contributed by atoms with Gasteiger partial charge in [-0.3, -0.25) is 4.57 Å². The van der Waals surface area contributed by atoms with E-state index in [1.54, 1.807) is 10.8 Å². The third-order valence-corrected chi connectivity index (χ3v) is 2.57. The van der Waals surface area contributed by atoms with Crippen LogP contribution in [-0.2, 0) is 6.54 Å². The fourth-order valence-corrected chi connectivity index (χ4v) is 1.71. The fourth-order valence-electron chi connectivity index (χ4n) is 1.71. The molecule has 0 spiro atoms. The summed E-state index contributed by atoms with van der Waals surface area (Å²) in [5.74, 6) is 0.936. The second-order valence-electron chi connectivity index (χ2n) is 3.70. The maximum absolute atomic E-state index is 5.86. The summed E-state index contributed by atoms with van der Waals surface area (Å²) in [6, 6.07) is 1.90. The number of pyridine rings is 1. The molecule has 0 unspecified atom stereocenters. The molecule has 7 heteroatoms. The van der Waals surface area contributed by atoms with E-state index < -0.39 is 0 Å². The maximum Gasteiger partial charge on any atom is 0.213 e. The quantitative estimate of drug-likeness (QED) is 0.698. The highest BCUT2D eigenvalue weighted by Gasteiger charge is 2.12. The monoisotopic (exact) mass is 230 g/mol. The van der Waals surface area contributed by atoms with Gasteiger partial charge in [0.1, 0.15) is 5.52 Å². The molecular weight excluding hydrogens is 220 g/mol. The lowest BCUT2D eigenvalue weighted by atomic mass is 10.3. The molecule has 0 aliphatic heterocycles. The Morgan fingerprint density at radius 3 is 3.06 bits per heavy atom. The van der Waals surface area contributed by atoms with Crippen LogP contribution >= 0.6 is 0 Å². The van der Waals surface area contributed by atoms with Crippen LogP contribution in [0.4, 0.5) is 5.95 Å². The highest BCUT2D eigenvalue weighted by molar-refractivity contribution is 5.77. The van der Waals surface area contributed by atoms with Crippen molar-refractivity contribution in [2.24, 2.45) is 0 Å². The van der Waals surface area contributed by atoms with Gasteiger partial charge >= 0.3 is 0 Å². The molecule has 3 aromatic heterocycles. The molecule has 7 nitrogen and oxygen atoms in total. The van der Waals surface area contributed by atoms with Gasteiger partial charge in [0.25, 0.3) is 0 Å². The Morgan fingerprint density at radius 1 is 1.41 bits per heavy atom. The summed E-state index contributed by atoms with van der Waals surface area (Å²) in [7, 11) is 0. The predicted octanol–water partition coefficient (Wildman–Crippen LogP) is 0.753. The molecule has 0 amide bonds. The average molecular weight is 230 g/mol. The van der Waals surface area contributed by atoms with Gasteiger partial charge in [-0.15, -0.1) is 0 Å². The molecule has 3 aromatic rings. The van der Waals surface area contributed by atoms with E-state index in [9.17, 15) is 0 Å². The van der Waals surface area contributed by atoms with Gasteiger partial charge in [-0.2, -0.15) is 4.98 Å². The van der Waals surface area contributed by atoms with Crippen molar-refractivity contribution < 1.29 is 4.52 Å². The maximum atomic E-state index is 5.86. The fraction of sp³-hybridized carbons (Fsp3) is 0.200. The summed E-state index contributed by atoms with van der Waals surface area (Å²) in [6.07, 6.45) is 3.01.